The molecule has 0 amide bonds. The van der Waals surface area contributed by atoms with Crippen molar-refractivity contribution < 1.29 is 5.11 Å². The fraction of sp³-hybridized carbons (Fsp3) is 0.400. The van der Waals surface area contributed by atoms with E-state index < -0.39 is 0 Å². The van der Waals surface area contributed by atoms with Gasteiger partial charge in [-0.1, -0.05) is 0 Å². The van der Waals surface area contributed by atoms with Crippen LogP contribution in [-0.2, 0) is 0 Å². The minimum atomic E-state index is -0.177. The Hall–Kier alpha value is -1.62. The number of fused-ring (bicyclic) bond motifs is 1. The second-order valence-corrected chi connectivity index (χ2v) is 4.07. The molecule has 0 atom stereocenters. The van der Waals surface area contributed by atoms with Crippen LogP contribution < -0.4 is 5.73 Å². The van der Waals surface area contributed by atoms with E-state index in [1.807, 2.05) is 22.7 Å². The molecule has 5 heteroatoms. The van der Waals surface area contributed by atoms with E-state index >= 15 is 0 Å². The highest BCUT2D eigenvalue weighted by Crippen LogP contribution is 2.35. The lowest BCUT2D eigenvalue weighted by Crippen LogP contribution is -2.27. The van der Waals surface area contributed by atoms with Gasteiger partial charge in [-0.3, -0.25) is 4.40 Å². The monoisotopic (exact) mass is 204 g/mol. The summed E-state index contributed by atoms with van der Waals surface area (Å²) < 4.78 is 1.91. The first kappa shape index (κ1) is 8.67. The number of rotatable bonds is 1. The fourth-order valence-corrected chi connectivity index (χ4v) is 2.00. The van der Waals surface area contributed by atoms with E-state index in [1.54, 1.807) is 0 Å². The molecule has 3 rings (SSSR count). The third-order valence-corrected chi connectivity index (χ3v) is 2.93. The first-order valence-electron chi connectivity index (χ1n) is 5.02. The summed E-state index contributed by atoms with van der Waals surface area (Å²) in [6.07, 6.45) is 3.20. The van der Waals surface area contributed by atoms with E-state index in [0.29, 0.717) is 11.6 Å². The Bertz CT molecular complexity index is 501. The van der Waals surface area contributed by atoms with Crippen molar-refractivity contribution in [1.82, 2.24) is 14.6 Å². The van der Waals surface area contributed by atoms with Crippen LogP contribution in [0.4, 0.5) is 5.69 Å². The molecule has 0 aromatic carbocycles. The van der Waals surface area contributed by atoms with Crippen LogP contribution in [0, 0.1) is 0 Å². The van der Waals surface area contributed by atoms with E-state index in [0.717, 1.165) is 24.3 Å². The molecule has 1 saturated carbocycles. The summed E-state index contributed by atoms with van der Waals surface area (Å²) in [6, 6.07) is 3.66. The summed E-state index contributed by atoms with van der Waals surface area (Å²) in [4.78, 5) is 0. The van der Waals surface area contributed by atoms with Crippen LogP contribution in [0.15, 0.2) is 18.3 Å². The van der Waals surface area contributed by atoms with Crippen molar-refractivity contribution >= 4 is 11.3 Å². The number of anilines is 1. The standard InChI is InChI=1S/C10H12N4O/c11-7-1-2-9-12-13-10(14(9)5-7)6-3-8(15)4-6/h1-2,5-6,8,15H,3-4,11H2. The van der Waals surface area contributed by atoms with Gasteiger partial charge in [0.1, 0.15) is 5.82 Å². The maximum atomic E-state index is 9.26. The summed E-state index contributed by atoms with van der Waals surface area (Å²) >= 11 is 0. The molecule has 3 N–H and O–H groups in total. The Balaban J connectivity index is 2.07. The molecule has 1 fully saturated rings. The largest absolute Gasteiger partial charge is 0.398 e. The van der Waals surface area contributed by atoms with Crippen LogP contribution in [0.1, 0.15) is 24.6 Å². The summed E-state index contributed by atoms with van der Waals surface area (Å²) in [7, 11) is 0. The second-order valence-electron chi connectivity index (χ2n) is 4.07. The average Bonchev–Trinajstić information content (AvgIpc) is 2.56. The smallest absolute Gasteiger partial charge is 0.160 e. The molecule has 2 heterocycles. The van der Waals surface area contributed by atoms with Crippen LogP contribution >= 0.6 is 0 Å². The summed E-state index contributed by atoms with van der Waals surface area (Å²) in [5.41, 5.74) is 7.22. The number of nitrogen functional groups attached to an aromatic ring is 1. The van der Waals surface area contributed by atoms with E-state index in [1.165, 1.54) is 0 Å². The number of hydrogen-bond acceptors (Lipinski definition) is 4. The Morgan fingerprint density at radius 3 is 2.87 bits per heavy atom. The zero-order valence-electron chi connectivity index (χ0n) is 8.17. The quantitative estimate of drug-likeness (QED) is 0.711. The van der Waals surface area contributed by atoms with Gasteiger partial charge < -0.3 is 10.8 Å². The molecular weight excluding hydrogens is 192 g/mol. The highest BCUT2D eigenvalue weighted by atomic mass is 16.3. The molecule has 2 aromatic rings. The van der Waals surface area contributed by atoms with Crippen molar-refractivity contribution in [3.8, 4) is 0 Å². The molecule has 15 heavy (non-hydrogen) atoms. The van der Waals surface area contributed by atoms with E-state index in [-0.39, 0.29) is 6.10 Å². The van der Waals surface area contributed by atoms with Crippen molar-refractivity contribution in [3.05, 3.63) is 24.2 Å². The lowest BCUT2D eigenvalue weighted by atomic mass is 9.82. The molecule has 5 nitrogen and oxygen atoms in total. The van der Waals surface area contributed by atoms with Crippen LogP contribution in [0.2, 0.25) is 0 Å². The summed E-state index contributed by atoms with van der Waals surface area (Å²) in [5.74, 6) is 1.22. The van der Waals surface area contributed by atoms with Crippen molar-refractivity contribution in [2.24, 2.45) is 0 Å². The molecule has 78 valence electrons. The first-order chi connectivity index (χ1) is 7.24. The van der Waals surface area contributed by atoms with E-state index in [4.69, 9.17) is 5.73 Å². The molecule has 0 saturated heterocycles. The van der Waals surface area contributed by atoms with Crippen molar-refractivity contribution in [2.45, 2.75) is 24.9 Å². The first-order valence-corrected chi connectivity index (χ1v) is 5.02. The van der Waals surface area contributed by atoms with Crippen molar-refractivity contribution in [2.75, 3.05) is 5.73 Å². The van der Waals surface area contributed by atoms with Crippen LogP contribution in [0.5, 0.6) is 0 Å². The van der Waals surface area contributed by atoms with E-state index in [2.05, 4.69) is 10.2 Å². The Kier molecular flexibility index (Phi) is 1.70. The SMILES string of the molecule is Nc1ccc2nnc(C3CC(O)C3)n2c1. The van der Waals surface area contributed by atoms with Gasteiger partial charge in [0.25, 0.3) is 0 Å². The molecule has 0 spiro atoms. The third kappa shape index (κ3) is 1.27. The van der Waals surface area contributed by atoms with Gasteiger partial charge in [0, 0.05) is 17.8 Å². The number of nitrogens with zero attached hydrogens (tertiary/aromatic N) is 3. The number of aliphatic hydroxyl groups is 1. The number of aromatic nitrogens is 3. The van der Waals surface area contributed by atoms with E-state index in [9.17, 15) is 5.11 Å². The van der Waals surface area contributed by atoms with Gasteiger partial charge >= 0.3 is 0 Å². The minimum Gasteiger partial charge on any atom is -0.398 e. The topological polar surface area (TPSA) is 76.4 Å². The third-order valence-electron chi connectivity index (χ3n) is 2.93. The number of hydrogen-bond donors (Lipinski definition) is 2. The maximum absolute atomic E-state index is 9.26. The molecular formula is C10H12N4O. The zero-order chi connectivity index (χ0) is 10.4. The summed E-state index contributed by atoms with van der Waals surface area (Å²) in [5, 5.41) is 17.5. The van der Waals surface area contributed by atoms with Crippen LogP contribution in [0.3, 0.4) is 0 Å². The van der Waals surface area contributed by atoms with Gasteiger partial charge in [0.15, 0.2) is 5.65 Å². The molecule has 2 aromatic heterocycles. The lowest BCUT2D eigenvalue weighted by molar-refractivity contribution is 0.0713. The van der Waals surface area contributed by atoms with Crippen LogP contribution in [-0.4, -0.2) is 25.8 Å². The predicted octanol–water partition coefficient (Wildman–Crippen LogP) is 0.550. The number of aliphatic hydroxyl groups excluding tert-OH is 1. The molecule has 0 bridgehead atoms. The van der Waals surface area contributed by atoms with Gasteiger partial charge in [-0.15, -0.1) is 10.2 Å². The Morgan fingerprint density at radius 1 is 1.33 bits per heavy atom. The zero-order valence-corrected chi connectivity index (χ0v) is 8.17. The lowest BCUT2D eigenvalue weighted by Gasteiger charge is -2.29. The van der Waals surface area contributed by atoms with Gasteiger partial charge in [-0.2, -0.15) is 0 Å². The van der Waals surface area contributed by atoms with Gasteiger partial charge in [0.05, 0.1) is 6.10 Å². The van der Waals surface area contributed by atoms with Crippen molar-refractivity contribution in [3.63, 3.8) is 0 Å². The highest BCUT2D eigenvalue weighted by molar-refractivity contribution is 5.47. The van der Waals surface area contributed by atoms with Crippen LogP contribution in [0.25, 0.3) is 5.65 Å². The minimum absolute atomic E-state index is 0.177. The van der Waals surface area contributed by atoms with Crippen molar-refractivity contribution in [1.29, 1.82) is 0 Å². The predicted molar refractivity (Wildman–Crippen MR) is 55.4 cm³/mol. The van der Waals surface area contributed by atoms with Gasteiger partial charge in [-0.05, 0) is 25.0 Å². The Labute approximate surface area is 86.5 Å². The molecule has 1 aliphatic carbocycles. The fourth-order valence-electron chi connectivity index (χ4n) is 2.00. The normalized spacial score (nSPS) is 25.4. The second kappa shape index (κ2) is 2.93. The average molecular weight is 204 g/mol. The maximum Gasteiger partial charge on any atom is 0.160 e. The number of pyridine rings is 1. The molecule has 0 radical (unpaired) electrons. The molecule has 0 aliphatic heterocycles. The van der Waals surface area contributed by atoms with Gasteiger partial charge in [-0.25, -0.2) is 0 Å². The van der Waals surface area contributed by atoms with Gasteiger partial charge in [0.2, 0.25) is 0 Å². The molecule has 0 unspecified atom stereocenters. The summed E-state index contributed by atoms with van der Waals surface area (Å²) in [6.45, 7) is 0. The number of nitrogens with two attached hydrogens (primary N) is 1. The Morgan fingerprint density at radius 2 is 2.13 bits per heavy atom. The highest BCUT2D eigenvalue weighted by Gasteiger charge is 2.32. The molecule has 1 aliphatic rings.